The van der Waals surface area contributed by atoms with Gasteiger partial charge in [0.2, 0.25) is 5.91 Å². The Labute approximate surface area is 194 Å². The Morgan fingerprint density at radius 2 is 2.00 bits per heavy atom. The van der Waals surface area contributed by atoms with Gasteiger partial charge in [0, 0.05) is 50.0 Å². The van der Waals surface area contributed by atoms with Crippen LogP contribution in [0.5, 0.6) is 0 Å². The maximum absolute atomic E-state index is 14.1. The molecule has 1 aromatic heterocycles. The van der Waals surface area contributed by atoms with Gasteiger partial charge in [-0.05, 0) is 36.5 Å². The van der Waals surface area contributed by atoms with Crippen LogP contribution < -0.4 is 10.2 Å². The Morgan fingerprint density at radius 1 is 1.25 bits per heavy atom. The maximum Gasteiger partial charge on any atom is 0.231 e. The van der Waals surface area contributed by atoms with Crippen LogP contribution in [-0.4, -0.2) is 59.5 Å². The minimum atomic E-state index is -0.497. The van der Waals surface area contributed by atoms with E-state index in [1.165, 1.54) is 17.7 Å². The average Bonchev–Trinajstić information content (AvgIpc) is 3.17. The summed E-state index contributed by atoms with van der Waals surface area (Å²) in [6, 6.07) is 4.88. The Morgan fingerprint density at radius 3 is 2.69 bits per heavy atom. The second-order valence-electron chi connectivity index (χ2n) is 9.10. The largest absolute Gasteiger partial charge is 0.353 e. The number of fused-ring (bicyclic) bond motifs is 1. The molecule has 0 radical (unpaired) electrons. The molecule has 2 aliphatic rings. The summed E-state index contributed by atoms with van der Waals surface area (Å²) in [6.07, 6.45) is 3.78. The molecular formula is C24H31ClFN5O. The van der Waals surface area contributed by atoms with Gasteiger partial charge in [-0.2, -0.15) is 0 Å². The van der Waals surface area contributed by atoms with Gasteiger partial charge in [0.15, 0.2) is 0 Å². The van der Waals surface area contributed by atoms with E-state index in [0.29, 0.717) is 31.1 Å². The number of hydrogen-bond acceptors (Lipinski definition) is 5. The van der Waals surface area contributed by atoms with Crippen LogP contribution in [0.3, 0.4) is 0 Å². The number of piperazine rings is 1. The molecule has 1 amide bonds. The number of aryl methyl sites for hydroxylation is 1. The molecule has 0 unspecified atom stereocenters. The van der Waals surface area contributed by atoms with Gasteiger partial charge in [-0.15, -0.1) is 0 Å². The van der Waals surface area contributed by atoms with Crippen molar-refractivity contribution in [2.45, 2.75) is 51.5 Å². The summed E-state index contributed by atoms with van der Waals surface area (Å²) in [5.74, 6) is 0.542. The highest BCUT2D eigenvalue weighted by molar-refractivity contribution is 6.30. The number of carbonyl (C=O) groups excluding carboxylic acids is 1. The minimum Gasteiger partial charge on any atom is -0.353 e. The van der Waals surface area contributed by atoms with E-state index in [9.17, 15) is 9.18 Å². The third kappa shape index (κ3) is 4.74. The predicted molar refractivity (Wildman–Crippen MR) is 125 cm³/mol. The predicted octanol–water partition coefficient (Wildman–Crippen LogP) is 3.75. The van der Waals surface area contributed by atoms with Gasteiger partial charge in [-0.1, -0.05) is 38.4 Å². The van der Waals surface area contributed by atoms with E-state index < -0.39 is 11.7 Å². The van der Waals surface area contributed by atoms with Crippen molar-refractivity contribution in [3.63, 3.8) is 0 Å². The molecule has 0 saturated carbocycles. The Balaban J connectivity index is 1.48. The summed E-state index contributed by atoms with van der Waals surface area (Å²) >= 11 is 5.86. The molecule has 8 heteroatoms. The number of aromatic nitrogens is 2. The average molecular weight is 460 g/mol. The number of nitrogens with zero attached hydrogens (tertiary/aromatic N) is 4. The van der Waals surface area contributed by atoms with E-state index in [4.69, 9.17) is 11.6 Å². The van der Waals surface area contributed by atoms with Gasteiger partial charge in [0.1, 0.15) is 18.0 Å². The Kier molecular flexibility index (Phi) is 6.96. The van der Waals surface area contributed by atoms with Crippen LogP contribution in [0.15, 0.2) is 24.5 Å². The molecule has 172 valence electrons. The number of nitrogens with one attached hydrogen (secondary N) is 1. The second kappa shape index (κ2) is 9.71. The number of amides is 1. The van der Waals surface area contributed by atoms with Crippen LogP contribution in [0.2, 0.25) is 5.02 Å². The fraction of sp³-hybridized carbons (Fsp3) is 0.542. The number of carbonyl (C=O) groups is 1. The molecule has 32 heavy (non-hydrogen) atoms. The summed E-state index contributed by atoms with van der Waals surface area (Å²) in [5, 5.41) is 3.40. The van der Waals surface area contributed by atoms with E-state index in [-0.39, 0.29) is 17.0 Å². The van der Waals surface area contributed by atoms with Crippen LogP contribution in [0.1, 0.15) is 55.8 Å². The molecule has 1 saturated heterocycles. The third-order valence-corrected chi connectivity index (χ3v) is 6.82. The summed E-state index contributed by atoms with van der Waals surface area (Å²) < 4.78 is 14.1. The van der Waals surface area contributed by atoms with Crippen molar-refractivity contribution in [3.8, 4) is 0 Å². The van der Waals surface area contributed by atoms with E-state index in [2.05, 4.69) is 27.1 Å². The van der Waals surface area contributed by atoms with Crippen LogP contribution >= 0.6 is 11.6 Å². The molecule has 1 fully saturated rings. The van der Waals surface area contributed by atoms with Crippen molar-refractivity contribution < 1.29 is 9.18 Å². The highest BCUT2D eigenvalue weighted by atomic mass is 35.5. The standard InChI is InChI=1S/C24H31ClFN5O/c1-15(2)27-13-18(17-5-6-19(25)20(26)12-17)24(32)31-10-8-30(9-11-31)23-22-16(3)4-7-21(22)28-14-29-23/h5-6,12,14-16,18,27H,4,7-11,13H2,1-3H3/t16-,18-/m1/s1. The highest BCUT2D eigenvalue weighted by Crippen LogP contribution is 2.37. The lowest BCUT2D eigenvalue weighted by Gasteiger charge is -2.38. The zero-order valence-corrected chi connectivity index (χ0v) is 19.7. The molecule has 2 heterocycles. The van der Waals surface area contributed by atoms with E-state index in [1.807, 2.05) is 18.7 Å². The lowest BCUT2D eigenvalue weighted by atomic mass is 9.96. The number of anilines is 1. The van der Waals surface area contributed by atoms with Crippen molar-refractivity contribution in [1.29, 1.82) is 0 Å². The quantitative estimate of drug-likeness (QED) is 0.712. The first-order valence-corrected chi connectivity index (χ1v) is 11.8. The third-order valence-electron chi connectivity index (χ3n) is 6.52. The van der Waals surface area contributed by atoms with Gasteiger partial charge < -0.3 is 15.1 Å². The zero-order valence-electron chi connectivity index (χ0n) is 18.9. The molecule has 4 rings (SSSR count). The lowest BCUT2D eigenvalue weighted by molar-refractivity contribution is -0.133. The lowest BCUT2D eigenvalue weighted by Crippen LogP contribution is -2.51. The first-order valence-electron chi connectivity index (χ1n) is 11.4. The van der Waals surface area contributed by atoms with Crippen molar-refractivity contribution in [2.24, 2.45) is 0 Å². The van der Waals surface area contributed by atoms with Crippen LogP contribution in [0.25, 0.3) is 0 Å². The molecule has 6 nitrogen and oxygen atoms in total. The molecular weight excluding hydrogens is 429 g/mol. The number of benzene rings is 1. The highest BCUT2D eigenvalue weighted by Gasteiger charge is 2.32. The van der Waals surface area contributed by atoms with Gasteiger partial charge in [-0.3, -0.25) is 4.79 Å². The van der Waals surface area contributed by atoms with Gasteiger partial charge in [0.25, 0.3) is 0 Å². The van der Waals surface area contributed by atoms with Gasteiger partial charge in [0.05, 0.1) is 10.9 Å². The van der Waals surface area contributed by atoms with E-state index in [1.54, 1.807) is 12.4 Å². The summed E-state index contributed by atoms with van der Waals surface area (Å²) in [6.45, 7) is 9.42. The molecule has 0 spiro atoms. The molecule has 2 aromatic rings. The van der Waals surface area contributed by atoms with Crippen molar-refractivity contribution in [3.05, 3.63) is 52.2 Å². The molecule has 1 aliphatic heterocycles. The molecule has 2 atom stereocenters. The monoisotopic (exact) mass is 459 g/mol. The fourth-order valence-electron chi connectivity index (χ4n) is 4.66. The second-order valence-corrected chi connectivity index (χ2v) is 9.51. The summed E-state index contributed by atoms with van der Waals surface area (Å²) in [7, 11) is 0. The number of hydrogen-bond donors (Lipinski definition) is 1. The topological polar surface area (TPSA) is 61.4 Å². The van der Waals surface area contributed by atoms with E-state index >= 15 is 0 Å². The Hall–Kier alpha value is -2.25. The Bertz CT molecular complexity index is 977. The van der Waals surface area contributed by atoms with Crippen LogP contribution in [0.4, 0.5) is 10.2 Å². The molecule has 1 aromatic carbocycles. The minimum absolute atomic E-state index is 0.0146. The number of rotatable bonds is 6. The zero-order chi connectivity index (χ0) is 22.8. The van der Waals surface area contributed by atoms with Gasteiger partial charge in [-0.25, -0.2) is 14.4 Å². The smallest absolute Gasteiger partial charge is 0.231 e. The van der Waals surface area contributed by atoms with Crippen molar-refractivity contribution >= 4 is 23.3 Å². The summed E-state index contributed by atoms with van der Waals surface area (Å²) in [4.78, 5) is 26.7. The molecule has 1 N–H and O–H groups in total. The van der Waals surface area contributed by atoms with Crippen LogP contribution in [-0.2, 0) is 11.2 Å². The molecule has 0 bridgehead atoms. The number of halogens is 2. The first-order chi connectivity index (χ1) is 15.3. The maximum atomic E-state index is 14.1. The fourth-order valence-corrected chi connectivity index (χ4v) is 4.78. The molecule has 1 aliphatic carbocycles. The normalized spacial score (nSPS) is 19.4. The SMILES string of the molecule is CC(C)NC[C@@H](C(=O)N1CCN(c2ncnc3c2[C@H](C)CC3)CC1)c1ccc(Cl)c(F)c1. The first kappa shape index (κ1) is 22.9. The summed E-state index contributed by atoms with van der Waals surface area (Å²) in [5.41, 5.74) is 3.07. The van der Waals surface area contributed by atoms with Crippen LogP contribution in [0, 0.1) is 5.82 Å². The van der Waals surface area contributed by atoms with Gasteiger partial charge >= 0.3 is 0 Å². The van der Waals surface area contributed by atoms with E-state index in [0.717, 1.165) is 37.4 Å². The van der Waals surface area contributed by atoms with Crippen molar-refractivity contribution in [2.75, 3.05) is 37.6 Å². The van der Waals surface area contributed by atoms with Crippen molar-refractivity contribution in [1.82, 2.24) is 20.2 Å².